The van der Waals surface area contributed by atoms with Crippen molar-refractivity contribution >= 4 is 17.5 Å². The van der Waals surface area contributed by atoms with Gasteiger partial charge in [0.2, 0.25) is 5.91 Å². The fourth-order valence-corrected chi connectivity index (χ4v) is 3.61. The van der Waals surface area contributed by atoms with E-state index in [1.807, 2.05) is 24.3 Å². The molecule has 1 aliphatic carbocycles. The Balaban J connectivity index is 1.45. The molecule has 2 fully saturated rings. The van der Waals surface area contributed by atoms with Crippen molar-refractivity contribution < 1.29 is 4.79 Å². The van der Waals surface area contributed by atoms with Gasteiger partial charge in [0.25, 0.3) is 0 Å². The zero-order chi connectivity index (χ0) is 15.4. The molecule has 1 saturated heterocycles. The number of hydrogen-bond acceptors (Lipinski definition) is 2. The molecule has 0 spiro atoms. The summed E-state index contributed by atoms with van der Waals surface area (Å²) >= 11 is 6.06. The van der Waals surface area contributed by atoms with Crippen LogP contribution in [0, 0.1) is 0 Å². The van der Waals surface area contributed by atoms with Crippen LogP contribution in [0.5, 0.6) is 0 Å². The summed E-state index contributed by atoms with van der Waals surface area (Å²) < 4.78 is 0. The highest BCUT2D eigenvalue weighted by Gasteiger charge is 2.51. The van der Waals surface area contributed by atoms with Gasteiger partial charge in [0.1, 0.15) is 0 Å². The average molecular weight is 321 g/mol. The van der Waals surface area contributed by atoms with Gasteiger partial charge in [-0.2, -0.15) is 0 Å². The van der Waals surface area contributed by atoms with Crippen LogP contribution in [-0.4, -0.2) is 37.0 Å². The maximum atomic E-state index is 12.5. The highest BCUT2D eigenvalue weighted by atomic mass is 35.5. The molecule has 1 aromatic carbocycles. The molecule has 3 nitrogen and oxygen atoms in total. The highest BCUT2D eigenvalue weighted by Crippen LogP contribution is 2.48. The third-order valence-electron chi connectivity index (χ3n) is 4.95. The van der Waals surface area contributed by atoms with E-state index < -0.39 is 0 Å². The van der Waals surface area contributed by atoms with Crippen molar-refractivity contribution in [2.45, 2.75) is 43.9 Å². The summed E-state index contributed by atoms with van der Waals surface area (Å²) in [5.74, 6) is 0.174. The minimum absolute atomic E-state index is 0.174. The van der Waals surface area contributed by atoms with Crippen LogP contribution in [0.4, 0.5) is 0 Å². The molecule has 1 aromatic rings. The van der Waals surface area contributed by atoms with Gasteiger partial charge in [0.05, 0.1) is 5.41 Å². The van der Waals surface area contributed by atoms with E-state index in [2.05, 4.69) is 10.2 Å². The first-order valence-corrected chi connectivity index (χ1v) is 8.85. The number of benzene rings is 1. The van der Waals surface area contributed by atoms with Crippen molar-refractivity contribution in [1.29, 1.82) is 0 Å². The number of piperidine rings is 1. The summed E-state index contributed by atoms with van der Waals surface area (Å²) in [5, 5.41) is 3.84. The number of carbonyl (C=O) groups excluding carboxylic acids is 1. The normalized spacial score (nSPS) is 20.6. The molecule has 1 N–H and O–H groups in total. The van der Waals surface area contributed by atoms with Crippen molar-refractivity contribution in [2.24, 2.45) is 0 Å². The molecule has 1 heterocycles. The topological polar surface area (TPSA) is 32.3 Å². The number of carbonyl (C=O) groups is 1. The van der Waals surface area contributed by atoms with Gasteiger partial charge in [-0.05, 0) is 69.4 Å². The highest BCUT2D eigenvalue weighted by molar-refractivity contribution is 6.30. The maximum Gasteiger partial charge on any atom is 0.230 e. The maximum absolute atomic E-state index is 12.5. The van der Waals surface area contributed by atoms with Gasteiger partial charge in [-0.3, -0.25) is 4.79 Å². The van der Waals surface area contributed by atoms with E-state index in [-0.39, 0.29) is 11.3 Å². The minimum Gasteiger partial charge on any atom is -0.355 e. The van der Waals surface area contributed by atoms with Crippen LogP contribution < -0.4 is 5.32 Å². The third-order valence-corrected chi connectivity index (χ3v) is 5.18. The molecular weight excluding hydrogens is 296 g/mol. The first kappa shape index (κ1) is 15.8. The Bertz CT molecular complexity index is 522. The fourth-order valence-electron chi connectivity index (χ4n) is 3.41. The first-order valence-electron chi connectivity index (χ1n) is 8.47. The molecule has 120 valence electrons. The van der Waals surface area contributed by atoms with E-state index in [0.29, 0.717) is 5.02 Å². The number of halogens is 1. The Morgan fingerprint density at radius 1 is 1.23 bits per heavy atom. The lowest BCUT2D eigenvalue weighted by molar-refractivity contribution is -0.123. The SMILES string of the molecule is O=C(NCCCN1CCCCC1)C1(c2cccc(Cl)c2)CC1. The van der Waals surface area contributed by atoms with Gasteiger partial charge in [-0.25, -0.2) is 0 Å². The van der Waals surface area contributed by atoms with Crippen LogP contribution in [0.1, 0.15) is 44.1 Å². The number of amides is 1. The molecule has 0 atom stereocenters. The second-order valence-corrected chi connectivity index (χ2v) is 7.04. The molecule has 0 radical (unpaired) electrons. The van der Waals surface area contributed by atoms with Crippen LogP contribution >= 0.6 is 11.6 Å². The van der Waals surface area contributed by atoms with Crippen molar-refractivity contribution in [2.75, 3.05) is 26.2 Å². The number of hydrogen-bond donors (Lipinski definition) is 1. The van der Waals surface area contributed by atoms with Gasteiger partial charge in [0, 0.05) is 11.6 Å². The summed E-state index contributed by atoms with van der Waals surface area (Å²) in [4.78, 5) is 15.0. The second kappa shape index (κ2) is 7.01. The lowest BCUT2D eigenvalue weighted by atomic mass is 9.95. The van der Waals surface area contributed by atoms with Gasteiger partial charge in [0.15, 0.2) is 0 Å². The Hall–Kier alpha value is -1.06. The molecular formula is C18H25ClN2O. The van der Waals surface area contributed by atoms with Crippen LogP contribution in [0.25, 0.3) is 0 Å². The Kier molecular flexibility index (Phi) is 5.04. The zero-order valence-electron chi connectivity index (χ0n) is 13.1. The predicted molar refractivity (Wildman–Crippen MR) is 90.3 cm³/mol. The van der Waals surface area contributed by atoms with Crippen molar-refractivity contribution in [3.63, 3.8) is 0 Å². The summed E-state index contributed by atoms with van der Waals surface area (Å²) in [6.07, 6.45) is 6.93. The quantitative estimate of drug-likeness (QED) is 0.815. The molecule has 0 bridgehead atoms. The second-order valence-electron chi connectivity index (χ2n) is 6.60. The van der Waals surface area contributed by atoms with Gasteiger partial charge < -0.3 is 10.2 Å². The molecule has 22 heavy (non-hydrogen) atoms. The molecule has 2 aliphatic rings. The number of nitrogens with zero attached hydrogens (tertiary/aromatic N) is 1. The zero-order valence-corrected chi connectivity index (χ0v) is 13.9. The molecule has 0 aromatic heterocycles. The molecule has 3 rings (SSSR count). The van der Waals surface area contributed by atoms with Crippen LogP contribution in [0.3, 0.4) is 0 Å². The van der Waals surface area contributed by atoms with E-state index in [9.17, 15) is 4.79 Å². The monoisotopic (exact) mass is 320 g/mol. The van der Waals surface area contributed by atoms with Crippen LogP contribution in [0.2, 0.25) is 5.02 Å². The minimum atomic E-state index is -0.309. The lowest BCUT2D eigenvalue weighted by Gasteiger charge is -2.26. The van der Waals surface area contributed by atoms with Crippen molar-refractivity contribution in [3.8, 4) is 0 Å². The van der Waals surface area contributed by atoms with Crippen LogP contribution in [-0.2, 0) is 10.2 Å². The fraction of sp³-hybridized carbons (Fsp3) is 0.611. The van der Waals surface area contributed by atoms with Crippen molar-refractivity contribution in [3.05, 3.63) is 34.9 Å². The Morgan fingerprint density at radius 2 is 2.00 bits per heavy atom. The molecule has 1 aliphatic heterocycles. The first-order chi connectivity index (χ1) is 10.7. The van der Waals surface area contributed by atoms with E-state index in [4.69, 9.17) is 11.6 Å². The summed E-state index contributed by atoms with van der Waals surface area (Å²) in [5.41, 5.74) is 0.754. The van der Waals surface area contributed by atoms with Gasteiger partial charge in [-0.1, -0.05) is 30.2 Å². The predicted octanol–water partition coefficient (Wildman–Crippen LogP) is 3.36. The number of rotatable bonds is 6. The standard InChI is InChI=1S/C18H25ClN2O/c19-16-7-4-6-15(14-16)18(8-9-18)17(22)20-10-5-13-21-11-2-1-3-12-21/h4,6-7,14H,1-3,5,8-13H2,(H,20,22). The van der Waals surface area contributed by atoms with Crippen molar-refractivity contribution in [1.82, 2.24) is 10.2 Å². The average Bonchev–Trinajstić information content (AvgIpc) is 3.34. The lowest BCUT2D eigenvalue weighted by Crippen LogP contribution is -2.37. The van der Waals surface area contributed by atoms with Crippen LogP contribution in [0.15, 0.2) is 24.3 Å². The van der Waals surface area contributed by atoms with Gasteiger partial charge >= 0.3 is 0 Å². The third kappa shape index (κ3) is 3.64. The molecule has 1 saturated carbocycles. The van der Waals surface area contributed by atoms with E-state index >= 15 is 0 Å². The Morgan fingerprint density at radius 3 is 2.68 bits per heavy atom. The number of nitrogens with one attached hydrogen (secondary N) is 1. The van der Waals surface area contributed by atoms with E-state index in [0.717, 1.165) is 37.9 Å². The molecule has 4 heteroatoms. The van der Waals surface area contributed by atoms with Gasteiger partial charge in [-0.15, -0.1) is 0 Å². The summed E-state index contributed by atoms with van der Waals surface area (Å²) in [7, 11) is 0. The van der Waals surface area contributed by atoms with E-state index in [1.54, 1.807) is 0 Å². The summed E-state index contributed by atoms with van der Waals surface area (Å²) in [6, 6.07) is 7.74. The molecule has 1 amide bonds. The largest absolute Gasteiger partial charge is 0.355 e. The molecule has 0 unspecified atom stereocenters. The Labute approximate surface area is 138 Å². The smallest absolute Gasteiger partial charge is 0.230 e. The van der Waals surface area contributed by atoms with E-state index in [1.165, 1.54) is 32.4 Å². The summed E-state index contributed by atoms with van der Waals surface area (Å²) in [6.45, 7) is 4.32. The number of likely N-dealkylation sites (tertiary alicyclic amines) is 1.